The molecule has 0 atom stereocenters. The van der Waals surface area contributed by atoms with E-state index in [0.29, 0.717) is 11.7 Å². The van der Waals surface area contributed by atoms with E-state index in [2.05, 4.69) is 116 Å². The van der Waals surface area contributed by atoms with Gasteiger partial charge in [-0.15, -0.1) is 0 Å². The molecule has 0 saturated carbocycles. The molecule has 0 heterocycles. The Kier molecular flexibility index (Phi) is 8.43. The Labute approximate surface area is 265 Å². The van der Waals surface area contributed by atoms with E-state index in [4.69, 9.17) is 0 Å². The second-order valence-electron chi connectivity index (χ2n) is 11.6. The molecular weight excluding hydrogens is 548 g/mol. The summed E-state index contributed by atoms with van der Waals surface area (Å²) in [7, 11) is 3.25. The third-order valence-corrected chi connectivity index (χ3v) is 8.69. The molecule has 1 N–H and O–H groups in total. The molecule has 0 unspecified atom stereocenters. The van der Waals surface area contributed by atoms with Crippen molar-refractivity contribution in [2.45, 2.75) is 33.6 Å². The van der Waals surface area contributed by atoms with Gasteiger partial charge in [0.2, 0.25) is 0 Å². The standard InChI is InChI=1S/C20H12O.C19H16.C2H6O.C2H6/c21-18-11-10-16-14-7-2-5-12-4-1-6-13(19(12)14)15-8-3-9-17(18)20(15)16;1-12(2)16-10-8-15-7-6-13-4-3-5-14-9-11-17(16)19(15)18(13)14;1-3-2;1-2/h1-11,21H;3-12H,1-2H3;1-2H3;1-2H3. The van der Waals surface area contributed by atoms with E-state index in [9.17, 15) is 5.11 Å². The summed E-state index contributed by atoms with van der Waals surface area (Å²) in [6.07, 6.45) is 0. The van der Waals surface area contributed by atoms with Crippen molar-refractivity contribution >= 4 is 75.4 Å². The summed E-state index contributed by atoms with van der Waals surface area (Å²) in [4.78, 5) is 0. The number of ether oxygens (including phenoxy) is 1. The molecular formula is C43H40O2. The molecule has 9 aromatic carbocycles. The van der Waals surface area contributed by atoms with Gasteiger partial charge in [0.15, 0.2) is 0 Å². The SMILES string of the molecule is CC.CC(C)c1ccc2ccc3cccc4ccc1c2c34.COC.Oc1ccc2c3cccc4cccc(c5cccc1c52)c43. The molecule has 0 aliphatic carbocycles. The van der Waals surface area contributed by atoms with Gasteiger partial charge >= 0.3 is 0 Å². The molecule has 0 aliphatic rings. The molecule has 0 fully saturated rings. The lowest BCUT2D eigenvalue weighted by molar-refractivity contribution is 0.277. The first-order valence-electron chi connectivity index (χ1n) is 15.9. The molecule has 0 bridgehead atoms. The summed E-state index contributed by atoms with van der Waals surface area (Å²) in [6.45, 7) is 8.54. The highest BCUT2D eigenvalue weighted by molar-refractivity contribution is 6.33. The molecule has 224 valence electrons. The van der Waals surface area contributed by atoms with E-state index < -0.39 is 0 Å². The Bertz CT molecular complexity index is 2320. The van der Waals surface area contributed by atoms with Gasteiger partial charge in [-0.3, -0.25) is 0 Å². The van der Waals surface area contributed by atoms with Crippen molar-refractivity contribution in [3.05, 3.63) is 127 Å². The molecule has 2 heteroatoms. The summed E-state index contributed by atoms with van der Waals surface area (Å²) >= 11 is 0. The first-order valence-corrected chi connectivity index (χ1v) is 15.9. The first-order chi connectivity index (χ1) is 22.0. The summed E-state index contributed by atoms with van der Waals surface area (Å²) in [5.41, 5.74) is 1.45. The Balaban J connectivity index is 0.000000140. The van der Waals surface area contributed by atoms with Gasteiger partial charge in [-0.2, -0.15) is 0 Å². The minimum atomic E-state index is 0.349. The molecule has 0 aromatic heterocycles. The molecule has 45 heavy (non-hydrogen) atoms. The quantitative estimate of drug-likeness (QED) is 0.153. The van der Waals surface area contributed by atoms with E-state index in [1.165, 1.54) is 70.2 Å². The second-order valence-corrected chi connectivity index (χ2v) is 11.6. The predicted molar refractivity (Wildman–Crippen MR) is 198 cm³/mol. The molecule has 0 radical (unpaired) electrons. The average Bonchev–Trinajstić information content (AvgIpc) is 3.08. The van der Waals surface area contributed by atoms with E-state index in [0.717, 1.165) is 10.8 Å². The first kappa shape index (κ1) is 30.1. The highest BCUT2D eigenvalue weighted by Crippen LogP contribution is 2.42. The van der Waals surface area contributed by atoms with Gasteiger partial charge in [0.05, 0.1) is 0 Å². The number of methoxy groups -OCH3 is 1. The van der Waals surface area contributed by atoms with Crippen molar-refractivity contribution in [2.24, 2.45) is 0 Å². The van der Waals surface area contributed by atoms with E-state index in [1.807, 2.05) is 32.0 Å². The predicted octanol–water partition coefficient (Wildman–Crippen LogP) is 12.4. The Morgan fingerprint density at radius 3 is 1.42 bits per heavy atom. The fourth-order valence-corrected chi connectivity index (χ4v) is 6.89. The fourth-order valence-electron chi connectivity index (χ4n) is 6.89. The van der Waals surface area contributed by atoms with Crippen LogP contribution in [0.25, 0.3) is 75.4 Å². The minimum absolute atomic E-state index is 0.349. The summed E-state index contributed by atoms with van der Waals surface area (Å²) < 4.78 is 4.25. The third-order valence-electron chi connectivity index (χ3n) is 8.69. The van der Waals surface area contributed by atoms with Crippen molar-refractivity contribution < 1.29 is 9.84 Å². The molecule has 0 amide bonds. The van der Waals surface area contributed by atoms with Gasteiger partial charge in [-0.05, 0) is 82.2 Å². The molecule has 9 aromatic rings. The van der Waals surface area contributed by atoms with Crippen molar-refractivity contribution in [2.75, 3.05) is 14.2 Å². The number of phenolic OH excluding ortho intramolecular Hbond substituents is 1. The van der Waals surface area contributed by atoms with Crippen molar-refractivity contribution in [3.8, 4) is 5.75 Å². The van der Waals surface area contributed by atoms with E-state index in [-0.39, 0.29) is 0 Å². The van der Waals surface area contributed by atoms with Gasteiger partial charge in [-0.1, -0.05) is 143 Å². The fraction of sp³-hybridized carbons (Fsp3) is 0.163. The van der Waals surface area contributed by atoms with Gasteiger partial charge in [0.1, 0.15) is 5.75 Å². The van der Waals surface area contributed by atoms with E-state index in [1.54, 1.807) is 20.3 Å². The average molecular weight is 589 g/mol. The number of benzene rings is 9. The van der Waals surface area contributed by atoms with Crippen LogP contribution in [0.1, 0.15) is 39.2 Å². The van der Waals surface area contributed by atoms with Crippen LogP contribution in [-0.2, 0) is 4.74 Å². The summed E-state index contributed by atoms with van der Waals surface area (Å²) in [5.74, 6) is 0.909. The van der Waals surface area contributed by atoms with Crippen LogP contribution < -0.4 is 0 Å². The van der Waals surface area contributed by atoms with Gasteiger partial charge in [0.25, 0.3) is 0 Å². The van der Waals surface area contributed by atoms with Crippen molar-refractivity contribution in [3.63, 3.8) is 0 Å². The molecule has 0 saturated heterocycles. The van der Waals surface area contributed by atoms with Gasteiger partial charge in [0, 0.05) is 25.0 Å². The largest absolute Gasteiger partial charge is 0.507 e. The van der Waals surface area contributed by atoms with Crippen LogP contribution in [0.2, 0.25) is 0 Å². The smallest absolute Gasteiger partial charge is 0.123 e. The molecule has 2 nitrogen and oxygen atoms in total. The van der Waals surface area contributed by atoms with Gasteiger partial charge < -0.3 is 9.84 Å². The zero-order valence-electron chi connectivity index (χ0n) is 27.0. The van der Waals surface area contributed by atoms with Crippen LogP contribution in [0.4, 0.5) is 0 Å². The number of phenols is 1. The Hall–Kier alpha value is -4.92. The number of hydrogen-bond donors (Lipinski definition) is 1. The number of hydrogen-bond acceptors (Lipinski definition) is 2. The maximum Gasteiger partial charge on any atom is 0.123 e. The van der Waals surface area contributed by atoms with Crippen LogP contribution in [0.3, 0.4) is 0 Å². The monoisotopic (exact) mass is 588 g/mol. The number of aromatic hydroxyl groups is 1. The zero-order chi connectivity index (χ0) is 31.7. The van der Waals surface area contributed by atoms with Crippen LogP contribution in [0.15, 0.2) is 121 Å². The maximum atomic E-state index is 10.2. The Morgan fingerprint density at radius 1 is 0.422 bits per heavy atom. The number of fused-ring (bicyclic) bond motifs is 2. The topological polar surface area (TPSA) is 29.5 Å². The molecule has 0 spiro atoms. The highest BCUT2D eigenvalue weighted by atomic mass is 16.4. The lowest BCUT2D eigenvalue weighted by atomic mass is 9.89. The number of rotatable bonds is 1. The van der Waals surface area contributed by atoms with E-state index >= 15 is 0 Å². The Morgan fingerprint density at radius 2 is 0.822 bits per heavy atom. The summed E-state index contributed by atoms with van der Waals surface area (Å²) in [6, 6.07) is 43.0. The van der Waals surface area contributed by atoms with Crippen LogP contribution in [-0.4, -0.2) is 19.3 Å². The summed E-state index contributed by atoms with van der Waals surface area (Å²) in [5, 5.41) is 28.1. The highest BCUT2D eigenvalue weighted by Gasteiger charge is 2.14. The lowest BCUT2D eigenvalue weighted by Gasteiger charge is -2.15. The second kappa shape index (κ2) is 12.6. The minimum Gasteiger partial charge on any atom is -0.507 e. The van der Waals surface area contributed by atoms with Crippen LogP contribution in [0, 0.1) is 0 Å². The lowest BCUT2D eigenvalue weighted by Crippen LogP contribution is -1.91. The van der Waals surface area contributed by atoms with Crippen LogP contribution in [0.5, 0.6) is 5.75 Å². The normalized spacial score (nSPS) is 11.3. The molecule has 9 rings (SSSR count). The zero-order valence-corrected chi connectivity index (χ0v) is 27.0. The van der Waals surface area contributed by atoms with Crippen molar-refractivity contribution in [1.82, 2.24) is 0 Å². The van der Waals surface area contributed by atoms with Crippen LogP contribution >= 0.6 is 0 Å². The molecule has 0 aliphatic heterocycles. The van der Waals surface area contributed by atoms with Gasteiger partial charge in [-0.25, -0.2) is 0 Å². The maximum absolute atomic E-state index is 10.2. The van der Waals surface area contributed by atoms with Crippen molar-refractivity contribution in [1.29, 1.82) is 0 Å². The third kappa shape index (κ3) is 5.06.